The Kier molecular flexibility index (Phi) is 6.03. The molecule has 140 valence electrons. The molecule has 0 saturated carbocycles. The van der Waals surface area contributed by atoms with Gasteiger partial charge in [-0.05, 0) is 64.3 Å². The summed E-state index contributed by atoms with van der Waals surface area (Å²) in [5.41, 5.74) is 3.64. The van der Waals surface area contributed by atoms with Gasteiger partial charge in [0, 0.05) is 0 Å². The monoisotopic (exact) mass is 376 g/mol. The zero-order valence-corrected chi connectivity index (χ0v) is 19.1. The number of hydrogen-bond donors (Lipinski definition) is 0. The summed E-state index contributed by atoms with van der Waals surface area (Å²) in [5, 5.41) is 2.54. The van der Waals surface area contributed by atoms with Crippen molar-refractivity contribution in [3.05, 3.63) is 29.8 Å². The molecular weight excluding hydrogens is 338 g/mol. The van der Waals surface area contributed by atoms with Gasteiger partial charge in [0.1, 0.15) is 0 Å². The molecule has 0 spiro atoms. The summed E-state index contributed by atoms with van der Waals surface area (Å²) in [4.78, 5) is 0. The molecule has 0 aromatic heterocycles. The smallest absolute Gasteiger partial charge is 0.00637 e. The molecule has 1 aromatic rings. The second kappa shape index (κ2) is 7.60. The van der Waals surface area contributed by atoms with Gasteiger partial charge in [0.05, 0.1) is 0 Å². The second-order valence-electron chi connectivity index (χ2n) is 10.2. The fraction of sp³-hybridized carbons (Fsp3) is 0.739. The van der Waals surface area contributed by atoms with Crippen LogP contribution in [-0.4, -0.2) is 21.6 Å². The van der Waals surface area contributed by atoms with Crippen LogP contribution < -0.4 is 5.30 Å². The Morgan fingerprint density at radius 1 is 0.800 bits per heavy atom. The van der Waals surface area contributed by atoms with Gasteiger partial charge >= 0.3 is 0 Å². The minimum atomic E-state index is -0.0474. The Labute approximate surface area is 159 Å². The molecule has 0 N–H and O–H groups in total. The molecule has 3 rings (SSSR count). The Morgan fingerprint density at radius 3 is 1.64 bits per heavy atom. The molecule has 1 aromatic carbocycles. The number of benzene rings is 1. The third-order valence-corrected chi connectivity index (χ3v) is 13.6. The Morgan fingerprint density at radius 2 is 1.24 bits per heavy atom. The molecule has 2 aliphatic heterocycles. The van der Waals surface area contributed by atoms with Gasteiger partial charge in [-0.25, -0.2) is 0 Å². The maximum absolute atomic E-state index is 2.52. The maximum atomic E-state index is 2.52. The molecule has 0 amide bonds. The van der Waals surface area contributed by atoms with Crippen molar-refractivity contribution in [2.24, 2.45) is 0 Å². The minimum absolute atomic E-state index is 0.0474. The van der Waals surface area contributed by atoms with Crippen LogP contribution in [0.3, 0.4) is 0 Å². The highest BCUT2D eigenvalue weighted by Gasteiger charge is 2.37. The Hall–Kier alpha value is 0.0800. The average Bonchev–Trinajstić information content (AvgIpc) is 2.50. The van der Waals surface area contributed by atoms with Crippen molar-refractivity contribution in [3.8, 4) is 0 Å². The molecule has 0 unspecified atom stereocenters. The lowest BCUT2D eigenvalue weighted by Gasteiger charge is -2.43. The zero-order chi connectivity index (χ0) is 18.2. The molecule has 0 nitrogen and oxygen atoms in total. The van der Waals surface area contributed by atoms with Crippen molar-refractivity contribution in [1.82, 2.24) is 0 Å². The summed E-state index contributed by atoms with van der Waals surface area (Å²) in [6.07, 6.45) is 10.3. The molecule has 2 fully saturated rings. The molecule has 2 heteroatoms. The molecule has 0 atom stereocenters. The summed E-state index contributed by atoms with van der Waals surface area (Å²) < 4.78 is 0. The lowest BCUT2D eigenvalue weighted by Crippen LogP contribution is -2.31. The fourth-order valence-corrected chi connectivity index (χ4v) is 12.5. The van der Waals surface area contributed by atoms with Crippen LogP contribution in [-0.2, 0) is 6.16 Å². The van der Waals surface area contributed by atoms with E-state index >= 15 is 0 Å². The van der Waals surface area contributed by atoms with Gasteiger partial charge in [0.2, 0.25) is 0 Å². The first-order valence-electron chi connectivity index (χ1n) is 10.3. The summed E-state index contributed by atoms with van der Waals surface area (Å²) in [5.74, 6) is 0. The fourth-order valence-electron chi connectivity index (χ4n) is 5.18. The van der Waals surface area contributed by atoms with E-state index in [0.29, 0.717) is 10.3 Å². The van der Waals surface area contributed by atoms with E-state index in [-0.39, 0.29) is 15.8 Å². The van der Waals surface area contributed by atoms with Crippen LogP contribution in [0.4, 0.5) is 0 Å². The first-order chi connectivity index (χ1) is 11.7. The van der Waals surface area contributed by atoms with E-state index in [2.05, 4.69) is 65.8 Å². The predicted octanol–water partition coefficient (Wildman–Crippen LogP) is 7.48. The Balaban J connectivity index is 1.76. The third kappa shape index (κ3) is 4.68. The molecule has 25 heavy (non-hydrogen) atoms. The van der Waals surface area contributed by atoms with Crippen LogP contribution in [0.15, 0.2) is 24.3 Å². The SMILES string of the molecule is CC(C)(C)P(Cc1ccc(P2C3CCCC2CCC3)cc1)C(C)(C)C. The average molecular weight is 377 g/mol. The van der Waals surface area contributed by atoms with Crippen LogP contribution in [0.1, 0.15) is 85.6 Å². The molecule has 2 aliphatic rings. The summed E-state index contributed by atoms with van der Waals surface area (Å²) in [6, 6.07) is 10.0. The normalized spacial score (nSPS) is 27.6. The molecule has 0 aliphatic carbocycles. The maximum Gasteiger partial charge on any atom is -0.00637 e. The number of fused-ring (bicyclic) bond motifs is 2. The topological polar surface area (TPSA) is 0 Å². The van der Waals surface area contributed by atoms with E-state index in [1.807, 2.05) is 0 Å². The highest BCUT2D eigenvalue weighted by Crippen LogP contribution is 2.61. The van der Waals surface area contributed by atoms with Crippen molar-refractivity contribution in [1.29, 1.82) is 0 Å². The highest BCUT2D eigenvalue weighted by atomic mass is 31.1. The van der Waals surface area contributed by atoms with E-state index in [1.54, 1.807) is 10.9 Å². The van der Waals surface area contributed by atoms with E-state index in [9.17, 15) is 0 Å². The summed E-state index contributed by atoms with van der Waals surface area (Å²) >= 11 is 0. The minimum Gasteiger partial charge on any atom is -0.0911 e. The van der Waals surface area contributed by atoms with Crippen LogP contribution >= 0.6 is 15.8 Å². The zero-order valence-electron chi connectivity index (χ0n) is 17.3. The molecule has 2 bridgehead atoms. The highest BCUT2D eigenvalue weighted by molar-refractivity contribution is 7.67. The number of rotatable bonds is 3. The van der Waals surface area contributed by atoms with Crippen LogP contribution in [0, 0.1) is 0 Å². The first-order valence-corrected chi connectivity index (χ1v) is 13.3. The van der Waals surface area contributed by atoms with Crippen molar-refractivity contribution < 1.29 is 0 Å². The van der Waals surface area contributed by atoms with Gasteiger partial charge in [0.15, 0.2) is 0 Å². The van der Waals surface area contributed by atoms with E-state index in [0.717, 1.165) is 11.3 Å². The van der Waals surface area contributed by atoms with E-state index in [1.165, 1.54) is 44.7 Å². The van der Waals surface area contributed by atoms with Crippen molar-refractivity contribution in [2.45, 2.75) is 108 Å². The first kappa shape index (κ1) is 19.8. The quantitative estimate of drug-likeness (QED) is 0.480. The largest absolute Gasteiger partial charge is 0.0911 e. The molecular formula is C23H38P2. The van der Waals surface area contributed by atoms with Gasteiger partial charge in [-0.1, -0.05) is 94.5 Å². The van der Waals surface area contributed by atoms with Gasteiger partial charge in [0.25, 0.3) is 0 Å². The molecule has 2 heterocycles. The van der Waals surface area contributed by atoms with Crippen LogP contribution in [0.2, 0.25) is 0 Å². The van der Waals surface area contributed by atoms with Gasteiger partial charge in [-0.15, -0.1) is 0 Å². The van der Waals surface area contributed by atoms with E-state index in [4.69, 9.17) is 0 Å². The van der Waals surface area contributed by atoms with Gasteiger partial charge < -0.3 is 0 Å². The Bertz CT molecular complexity index is 525. The van der Waals surface area contributed by atoms with Gasteiger partial charge in [-0.3, -0.25) is 0 Å². The van der Waals surface area contributed by atoms with Gasteiger partial charge in [-0.2, -0.15) is 0 Å². The van der Waals surface area contributed by atoms with E-state index < -0.39 is 0 Å². The van der Waals surface area contributed by atoms with Crippen molar-refractivity contribution >= 4 is 21.1 Å². The standard InChI is InChI=1S/C23H38P2/c1-22(2,3)24(23(4,5)6)17-18-13-15-21(16-14-18)25-19-9-7-10-20(25)12-8-11-19/h13-16,19-20H,7-12,17H2,1-6H3. The molecule has 2 saturated heterocycles. The third-order valence-electron chi connectivity index (χ3n) is 6.13. The van der Waals surface area contributed by atoms with Crippen molar-refractivity contribution in [3.63, 3.8) is 0 Å². The second-order valence-corrected chi connectivity index (χ2v) is 16.8. The summed E-state index contributed by atoms with van der Waals surface area (Å²) in [7, 11) is 0.0752. The van der Waals surface area contributed by atoms with Crippen molar-refractivity contribution in [2.75, 3.05) is 0 Å². The predicted molar refractivity (Wildman–Crippen MR) is 118 cm³/mol. The number of hydrogen-bond acceptors (Lipinski definition) is 0. The molecule has 0 radical (unpaired) electrons. The summed E-state index contributed by atoms with van der Waals surface area (Å²) in [6.45, 7) is 14.6. The van der Waals surface area contributed by atoms with Crippen LogP contribution in [0.5, 0.6) is 0 Å². The lowest BCUT2D eigenvalue weighted by molar-refractivity contribution is 0.479. The van der Waals surface area contributed by atoms with Crippen LogP contribution in [0.25, 0.3) is 0 Å². The lowest BCUT2D eigenvalue weighted by atomic mass is 9.99.